The van der Waals surface area contributed by atoms with Crippen molar-refractivity contribution < 1.29 is 9.90 Å². The summed E-state index contributed by atoms with van der Waals surface area (Å²) in [6.07, 6.45) is 3.44. The quantitative estimate of drug-likeness (QED) is 0.898. The zero-order valence-corrected chi connectivity index (χ0v) is 12.1. The maximum Gasteiger partial charge on any atom is 0.170 e. The molecule has 1 fully saturated rings. The largest absolute Gasteiger partial charge is 0.393 e. The van der Waals surface area contributed by atoms with Crippen LogP contribution in [0.3, 0.4) is 0 Å². The monoisotopic (exact) mass is 273 g/mol. The first kappa shape index (κ1) is 13.8. The van der Waals surface area contributed by atoms with E-state index in [-0.39, 0.29) is 11.5 Å². The molecule has 1 atom stereocenters. The van der Waals surface area contributed by atoms with Crippen LogP contribution in [0.5, 0.6) is 0 Å². The van der Waals surface area contributed by atoms with Crippen LogP contribution in [0.4, 0.5) is 0 Å². The summed E-state index contributed by atoms with van der Waals surface area (Å²) in [4.78, 5) is 15.1. The Kier molecular flexibility index (Phi) is 3.65. The summed E-state index contributed by atoms with van der Waals surface area (Å²) in [5.41, 5.74) is 1.85. The lowest BCUT2D eigenvalue weighted by Crippen LogP contribution is -2.47. The van der Waals surface area contributed by atoms with Crippen LogP contribution >= 0.6 is 0 Å². The summed E-state index contributed by atoms with van der Waals surface area (Å²) < 4.78 is 0. The fourth-order valence-electron chi connectivity index (χ4n) is 3.53. The summed E-state index contributed by atoms with van der Waals surface area (Å²) in [6, 6.07) is 8.01. The van der Waals surface area contributed by atoms with Crippen LogP contribution in [0, 0.1) is 5.41 Å². The second-order valence-corrected chi connectivity index (χ2v) is 6.55. The lowest BCUT2D eigenvalue weighted by atomic mass is 9.71. The Labute approximate surface area is 120 Å². The molecule has 0 saturated carbocycles. The number of carbonyl (C=O) groups is 1. The fourth-order valence-corrected chi connectivity index (χ4v) is 3.53. The van der Waals surface area contributed by atoms with Crippen LogP contribution in [-0.2, 0) is 6.42 Å². The number of hydrogen-bond acceptors (Lipinski definition) is 3. The lowest BCUT2D eigenvalue weighted by molar-refractivity contribution is 0.0481. The summed E-state index contributed by atoms with van der Waals surface area (Å²) in [7, 11) is 0. The maximum absolute atomic E-state index is 12.8. The van der Waals surface area contributed by atoms with Crippen molar-refractivity contribution in [2.45, 2.75) is 38.7 Å². The average molecular weight is 273 g/mol. The molecular formula is C17H23NO2. The summed E-state index contributed by atoms with van der Waals surface area (Å²) in [5.74, 6) is 0.297. The second-order valence-electron chi connectivity index (χ2n) is 6.55. The highest BCUT2D eigenvalue weighted by Gasteiger charge is 2.39. The number of hydrogen-bond donors (Lipinski definition) is 1. The van der Waals surface area contributed by atoms with Crippen molar-refractivity contribution in [2.24, 2.45) is 5.41 Å². The molecule has 2 aliphatic rings. The molecule has 20 heavy (non-hydrogen) atoms. The van der Waals surface area contributed by atoms with E-state index >= 15 is 0 Å². The van der Waals surface area contributed by atoms with Gasteiger partial charge in [0.2, 0.25) is 0 Å². The minimum Gasteiger partial charge on any atom is -0.393 e. The van der Waals surface area contributed by atoms with E-state index < -0.39 is 0 Å². The highest BCUT2D eigenvalue weighted by molar-refractivity contribution is 6.02. The number of benzene rings is 1. The van der Waals surface area contributed by atoms with Crippen LogP contribution in [0.25, 0.3) is 0 Å². The van der Waals surface area contributed by atoms with Gasteiger partial charge in [-0.15, -0.1) is 0 Å². The molecular weight excluding hydrogens is 250 g/mol. The number of aliphatic hydroxyl groups excluding tert-OH is 1. The molecule has 1 aromatic carbocycles. The first-order valence-electron chi connectivity index (χ1n) is 7.62. The van der Waals surface area contributed by atoms with Crippen molar-refractivity contribution >= 4 is 5.78 Å². The van der Waals surface area contributed by atoms with E-state index in [9.17, 15) is 9.90 Å². The topological polar surface area (TPSA) is 40.5 Å². The number of fused-ring (bicyclic) bond motifs is 1. The molecule has 1 saturated heterocycles. The Bertz CT molecular complexity index is 505. The Balaban J connectivity index is 1.75. The Hall–Kier alpha value is -1.19. The van der Waals surface area contributed by atoms with Crippen molar-refractivity contribution in [3.05, 3.63) is 35.4 Å². The van der Waals surface area contributed by atoms with Gasteiger partial charge in [-0.1, -0.05) is 31.2 Å². The van der Waals surface area contributed by atoms with Crippen molar-refractivity contribution in [3.8, 4) is 0 Å². The van der Waals surface area contributed by atoms with Crippen LogP contribution in [-0.4, -0.2) is 41.5 Å². The van der Waals surface area contributed by atoms with Crippen LogP contribution in [0.15, 0.2) is 24.3 Å². The lowest BCUT2D eigenvalue weighted by Gasteiger charge is -2.39. The first-order valence-corrected chi connectivity index (χ1v) is 7.62. The second kappa shape index (κ2) is 5.30. The molecule has 0 radical (unpaired) electrons. The van der Waals surface area contributed by atoms with Gasteiger partial charge in [-0.05, 0) is 31.2 Å². The van der Waals surface area contributed by atoms with Gasteiger partial charge >= 0.3 is 0 Å². The van der Waals surface area contributed by atoms with E-state index in [0.717, 1.165) is 50.9 Å². The Morgan fingerprint density at radius 2 is 2.00 bits per heavy atom. The zero-order chi connectivity index (χ0) is 14.2. The third kappa shape index (κ3) is 2.52. The standard InChI is InChI=1S/C17H23NO2/c1-17(12-18-10-7-14(19)8-11-18)9-6-13-4-2-3-5-15(13)16(17)20/h2-5,14,19H,6-12H2,1H3. The first-order chi connectivity index (χ1) is 9.58. The number of nitrogens with zero attached hydrogens (tertiary/aromatic N) is 1. The van der Waals surface area contributed by atoms with Crippen molar-refractivity contribution in [1.29, 1.82) is 0 Å². The Morgan fingerprint density at radius 1 is 1.30 bits per heavy atom. The zero-order valence-electron chi connectivity index (χ0n) is 12.1. The highest BCUT2D eigenvalue weighted by atomic mass is 16.3. The minimum absolute atomic E-state index is 0.151. The van der Waals surface area contributed by atoms with Gasteiger partial charge in [0.05, 0.1) is 6.10 Å². The molecule has 1 unspecified atom stereocenters. The molecule has 0 aromatic heterocycles. The molecule has 3 heteroatoms. The van der Waals surface area contributed by atoms with Crippen LogP contribution < -0.4 is 0 Å². The number of carbonyl (C=O) groups excluding carboxylic acids is 1. The van der Waals surface area contributed by atoms with Gasteiger partial charge in [0, 0.05) is 30.6 Å². The van der Waals surface area contributed by atoms with Crippen molar-refractivity contribution in [3.63, 3.8) is 0 Å². The molecule has 0 bridgehead atoms. The van der Waals surface area contributed by atoms with Gasteiger partial charge in [0.15, 0.2) is 5.78 Å². The number of piperidine rings is 1. The van der Waals surface area contributed by atoms with Gasteiger partial charge < -0.3 is 10.0 Å². The predicted octanol–water partition coefficient (Wildman–Crippen LogP) is 2.28. The van der Waals surface area contributed by atoms with Gasteiger partial charge in [-0.25, -0.2) is 0 Å². The summed E-state index contributed by atoms with van der Waals surface area (Å²) >= 11 is 0. The number of aliphatic hydroxyl groups is 1. The van der Waals surface area contributed by atoms with Gasteiger partial charge in [-0.3, -0.25) is 4.79 Å². The van der Waals surface area contributed by atoms with Crippen LogP contribution in [0.1, 0.15) is 42.1 Å². The number of aryl methyl sites for hydroxylation is 1. The molecule has 1 aromatic rings. The fraction of sp³-hybridized carbons (Fsp3) is 0.588. The van der Waals surface area contributed by atoms with Gasteiger partial charge in [0.25, 0.3) is 0 Å². The molecule has 0 spiro atoms. The summed E-state index contributed by atoms with van der Waals surface area (Å²) in [6.45, 7) is 4.75. The van der Waals surface area contributed by atoms with E-state index in [1.807, 2.05) is 18.2 Å². The highest BCUT2D eigenvalue weighted by Crippen LogP contribution is 2.36. The van der Waals surface area contributed by atoms with Gasteiger partial charge in [-0.2, -0.15) is 0 Å². The minimum atomic E-state index is -0.267. The van der Waals surface area contributed by atoms with E-state index in [2.05, 4.69) is 17.9 Å². The number of ketones is 1. The summed E-state index contributed by atoms with van der Waals surface area (Å²) in [5, 5.41) is 9.59. The normalized spacial score (nSPS) is 28.4. The van der Waals surface area contributed by atoms with E-state index in [0.29, 0.717) is 5.78 Å². The average Bonchev–Trinajstić information content (AvgIpc) is 2.46. The van der Waals surface area contributed by atoms with E-state index in [1.165, 1.54) is 5.56 Å². The van der Waals surface area contributed by atoms with Crippen LogP contribution in [0.2, 0.25) is 0 Å². The molecule has 1 aliphatic heterocycles. The molecule has 1 aliphatic carbocycles. The smallest absolute Gasteiger partial charge is 0.170 e. The third-order valence-electron chi connectivity index (χ3n) is 4.89. The third-order valence-corrected chi connectivity index (χ3v) is 4.89. The molecule has 0 amide bonds. The van der Waals surface area contributed by atoms with E-state index in [1.54, 1.807) is 0 Å². The SMILES string of the molecule is CC1(CN2CCC(O)CC2)CCc2ccccc2C1=O. The van der Waals surface area contributed by atoms with Crippen molar-refractivity contribution in [2.75, 3.05) is 19.6 Å². The number of rotatable bonds is 2. The maximum atomic E-state index is 12.8. The van der Waals surface area contributed by atoms with E-state index in [4.69, 9.17) is 0 Å². The van der Waals surface area contributed by atoms with Gasteiger partial charge in [0.1, 0.15) is 0 Å². The molecule has 3 nitrogen and oxygen atoms in total. The number of Topliss-reactive ketones (excluding diaryl/α,β-unsaturated/α-hetero) is 1. The number of likely N-dealkylation sites (tertiary alicyclic amines) is 1. The molecule has 3 rings (SSSR count). The Morgan fingerprint density at radius 3 is 2.75 bits per heavy atom. The van der Waals surface area contributed by atoms with Crippen molar-refractivity contribution in [1.82, 2.24) is 4.90 Å². The molecule has 1 N–H and O–H groups in total. The molecule has 1 heterocycles. The molecule has 108 valence electrons. The predicted molar refractivity (Wildman–Crippen MR) is 78.9 cm³/mol.